The molecular weight excluding hydrogens is 216 g/mol. The summed E-state index contributed by atoms with van der Waals surface area (Å²) in [6.07, 6.45) is 2.72. The Bertz CT molecular complexity index is 549. The van der Waals surface area contributed by atoms with Gasteiger partial charge in [0.2, 0.25) is 0 Å². The van der Waals surface area contributed by atoms with Crippen LogP contribution in [0.1, 0.15) is 10.4 Å². The summed E-state index contributed by atoms with van der Waals surface area (Å²) in [4.78, 5) is 13.4. The second-order valence-electron chi connectivity index (χ2n) is 3.22. The molecule has 2 N–H and O–H groups in total. The van der Waals surface area contributed by atoms with E-state index in [0.29, 0.717) is 11.1 Å². The zero-order chi connectivity index (χ0) is 11.7. The van der Waals surface area contributed by atoms with Crippen LogP contribution in [0, 0.1) is 11.6 Å². The smallest absolute Gasteiger partial charge is 0.337 e. The van der Waals surface area contributed by atoms with Gasteiger partial charge in [0.25, 0.3) is 0 Å². The van der Waals surface area contributed by atoms with Gasteiger partial charge in [-0.25, -0.2) is 13.6 Å². The van der Waals surface area contributed by atoms with Gasteiger partial charge in [-0.05, 0) is 17.7 Å². The van der Waals surface area contributed by atoms with Gasteiger partial charge in [0.15, 0.2) is 11.6 Å². The van der Waals surface area contributed by atoms with Crippen LogP contribution in [0.4, 0.5) is 8.78 Å². The van der Waals surface area contributed by atoms with E-state index >= 15 is 0 Å². The number of aromatic nitrogens is 1. The van der Waals surface area contributed by atoms with Gasteiger partial charge in [-0.15, -0.1) is 0 Å². The van der Waals surface area contributed by atoms with E-state index < -0.39 is 17.6 Å². The van der Waals surface area contributed by atoms with Crippen molar-refractivity contribution in [2.75, 3.05) is 0 Å². The molecule has 0 atom stereocenters. The lowest BCUT2D eigenvalue weighted by Gasteiger charge is -2.01. The number of aromatic amines is 1. The molecule has 3 nitrogen and oxygen atoms in total. The van der Waals surface area contributed by atoms with E-state index in [-0.39, 0.29) is 5.56 Å². The fourth-order valence-corrected chi connectivity index (χ4v) is 1.44. The highest BCUT2D eigenvalue weighted by molar-refractivity contribution is 5.95. The number of carboxylic acid groups (broad SMARTS) is 1. The Kier molecular flexibility index (Phi) is 2.44. The average Bonchev–Trinajstić information content (AvgIpc) is 2.71. The van der Waals surface area contributed by atoms with Crippen LogP contribution < -0.4 is 0 Å². The quantitative estimate of drug-likeness (QED) is 0.822. The zero-order valence-corrected chi connectivity index (χ0v) is 8.00. The van der Waals surface area contributed by atoms with Gasteiger partial charge in [0, 0.05) is 18.0 Å². The molecule has 16 heavy (non-hydrogen) atoms. The minimum atomic E-state index is -1.12. The van der Waals surface area contributed by atoms with E-state index in [4.69, 9.17) is 5.11 Å². The van der Waals surface area contributed by atoms with Crippen molar-refractivity contribution >= 4 is 5.97 Å². The standard InChI is InChI=1S/C11H7F2NO2/c12-9-2-1-6(3-10(9)13)7-4-14-5-8(7)11(15)16/h1-5,14H,(H,15,16). The number of hydrogen-bond donors (Lipinski definition) is 2. The van der Waals surface area contributed by atoms with Gasteiger partial charge in [0.05, 0.1) is 5.56 Å². The lowest BCUT2D eigenvalue weighted by molar-refractivity contribution is 0.0698. The molecule has 0 radical (unpaired) electrons. The third kappa shape index (κ3) is 1.67. The minimum absolute atomic E-state index is 0.0195. The Morgan fingerprint density at radius 1 is 1.19 bits per heavy atom. The van der Waals surface area contributed by atoms with Gasteiger partial charge in [-0.2, -0.15) is 0 Å². The number of hydrogen-bond acceptors (Lipinski definition) is 1. The molecule has 0 spiro atoms. The van der Waals surface area contributed by atoms with Crippen LogP contribution in [0.15, 0.2) is 30.6 Å². The van der Waals surface area contributed by atoms with Gasteiger partial charge in [-0.3, -0.25) is 0 Å². The third-order valence-corrected chi connectivity index (χ3v) is 2.21. The number of nitrogens with one attached hydrogen (secondary N) is 1. The molecule has 82 valence electrons. The Hall–Kier alpha value is -2.17. The number of carboxylic acids is 1. The highest BCUT2D eigenvalue weighted by atomic mass is 19.2. The first-order valence-corrected chi connectivity index (χ1v) is 4.45. The second-order valence-corrected chi connectivity index (χ2v) is 3.22. The van der Waals surface area contributed by atoms with Crippen LogP contribution in [0.5, 0.6) is 0 Å². The normalized spacial score (nSPS) is 10.4. The number of carbonyl (C=O) groups is 1. The average molecular weight is 223 g/mol. The predicted molar refractivity (Wildman–Crippen MR) is 53.1 cm³/mol. The van der Waals surface area contributed by atoms with Crippen LogP contribution in [-0.4, -0.2) is 16.1 Å². The van der Waals surface area contributed by atoms with E-state index in [1.807, 2.05) is 0 Å². The van der Waals surface area contributed by atoms with Crippen LogP contribution in [0.25, 0.3) is 11.1 Å². The minimum Gasteiger partial charge on any atom is -0.478 e. The summed E-state index contributed by atoms with van der Waals surface area (Å²) in [7, 11) is 0. The molecule has 0 aliphatic rings. The summed E-state index contributed by atoms with van der Waals surface area (Å²) < 4.78 is 25.7. The van der Waals surface area contributed by atoms with E-state index in [1.54, 1.807) is 0 Å². The summed E-state index contributed by atoms with van der Waals surface area (Å²) in [5.41, 5.74) is 0.662. The summed E-state index contributed by atoms with van der Waals surface area (Å²) in [6.45, 7) is 0. The Balaban J connectivity index is 2.54. The number of H-pyrrole nitrogens is 1. The van der Waals surface area contributed by atoms with Gasteiger partial charge < -0.3 is 10.1 Å². The summed E-state index contributed by atoms with van der Waals surface area (Å²) in [5.74, 6) is -3.09. The van der Waals surface area contributed by atoms with Crippen molar-refractivity contribution in [3.8, 4) is 11.1 Å². The van der Waals surface area contributed by atoms with Gasteiger partial charge in [0.1, 0.15) is 0 Å². The Morgan fingerprint density at radius 2 is 1.94 bits per heavy atom. The highest BCUT2D eigenvalue weighted by Gasteiger charge is 2.13. The molecule has 5 heteroatoms. The molecule has 1 aromatic heterocycles. The largest absolute Gasteiger partial charge is 0.478 e. The number of aromatic carboxylic acids is 1. The van der Waals surface area contributed by atoms with Crippen molar-refractivity contribution < 1.29 is 18.7 Å². The van der Waals surface area contributed by atoms with Crippen LogP contribution in [-0.2, 0) is 0 Å². The fraction of sp³-hybridized carbons (Fsp3) is 0. The zero-order valence-electron chi connectivity index (χ0n) is 8.00. The summed E-state index contributed by atoms with van der Waals surface area (Å²) >= 11 is 0. The molecule has 0 aliphatic heterocycles. The first-order valence-electron chi connectivity index (χ1n) is 4.45. The van der Waals surface area contributed by atoms with Crippen LogP contribution >= 0.6 is 0 Å². The molecule has 2 aromatic rings. The number of rotatable bonds is 2. The molecule has 0 amide bonds. The molecule has 0 unspecified atom stereocenters. The monoisotopic (exact) mass is 223 g/mol. The molecule has 0 saturated carbocycles. The molecule has 0 aliphatic carbocycles. The second kappa shape index (κ2) is 3.77. The molecular formula is C11H7F2NO2. The van der Waals surface area contributed by atoms with E-state index in [1.165, 1.54) is 18.5 Å². The van der Waals surface area contributed by atoms with Crippen molar-refractivity contribution in [1.29, 1.82) is 0 Å². The van der Waals surface area contributed by atoms with Crippen molar-refractivity contribution in [2.24, 2.45) is 0 Å². The van der Waals surface area contributed by atoms with Crippen LogP contribution in [0.2, 0.25) is 0 Å². The van der Waals surface area contributed by atoms with Crippen molar-refractivity contribution in [2.45, 2.75) is 0 Å². The predicted octanol–water partition coefficient (Wildman–Crippen LogP) is 2.66. The molecule has 0 saturated heterocycles. The number of benzene rings is 1. The molecule has 0 bridgehead atoms. The molecule has 1 heterocycles. The van der Waals surface area contributed by atoms with Crippen molar-refractivity contribution in [1.82, 2.24) is 4.98 Å². The molecule has 2 rings (SSSR count). The van der Waals surface area contributed by atoms with Crippen molar-refractivity contribution in [3.05, 3.63) is 47.8 Å². The lowest BCUT2D eigenvalue weighted by Crippen LogP contribution is -1.96. The van der Waals surface area contributed by atoms with E-state index in [0.717, 1.165) is 12.1 Å². The Labute approximate surface area is 89.3 Å². The topological polar surface area (TPSA) is 53.1 Å². The SMILES string of the molecule is O=C(O)c1c[nH]cc1-c1ccc(F)c(F)c1. The van der Waals surface area contributed by atoms with Gasteiger partial charge in [-0.1, -0.05) is 6.07 Å². The maximum absolute atomic E-state index is 13.0. The third-order valence-electron chi connectivity index (χ3n) is 2.21. The van der Waals surface area contributed by atoms with Gasteiger partial charge >= 0.3 is 5.97 Å². The Morgan fingerprint density at radius 3 is 2.56 bits per heavy atom. The maximum Gasteiger partial charge on any atom is 0.337 e. The lowest BCUT2D eigenvalue weighted by atomic mass is 10.0. The maximum atomic E-state index is 13.0. The summed E-state index contributed by atoms with van der Waals surface area (Å²) in [5, 5.41) is 8.85. The van der Waals surface area contributed by atoms with Crippen LogP contribution in [0.3, 0.4) is 0 Å². The first-order chi connectivity index (χ1) is 7.59. The molecule has 0 fully saturated rings. The van der Waals surface area contributed by atoms with E-state index in [2.05, 4.69) is 4.98 Å². The first kappa shape index (κ1) is 10.4. The summed E-state index contributed by atoms with van der Waals surface area (Å²) in [6, 6.07) is 3.25. The molecule has 1 aromatic carbocycles. The van der Waals surface area contributed by atoms with E-state index in [9.17, 15) is 13.6 Å². The fourth-order valence-electron chi connectivity index (χ4n) is 1.44. The highest BCUT2D eigenvalue weighted by Crippen LogP contribution is 2.24. The number of halogens is 2. The van der Waals surface area contributed by atoms with Crippen molar-refractivity contribution in [3.63, 3.8) is 0 Å².